The van der Waals surface area contributed by atoms with Crippen LogP contribution in [0, 0.1) is 5.92 Å². The van der Waals surface area contributed by atoms with Crippen LogP contribution in [0.3, 0.4) is 0 Å². The Hall–Kier alpha value is -4.18. The minimum Gasteiger partial charge on any atom is -0.438 e. The van der Waals surface area contributed by atoms with Gasteiger partial charge in [-0.1, -0.05) is 62.4 Å². The molecule has 0 aliphatic carbocycles. The maximum absolute atomic E-state index is 13.3. The summed E-state index contributed by atoms with van der Waals surface area (Å²) in [5.41, 5.74) is 11.6. The quantitative estimate of drug-likeness (QED) is 0.113. The third-order valence-corrected chi connectivity index (χ3v) is 7.13. The molecular weight excluding hydrogens is 512 g/mol. The van der Waals surface area contributed by atoms with Gasteiger partial charge in [0.1, 0.15) is 6.04 Å². The summed E-state index contributed by atoms with van der Waals surface area (Å²) in [5, 5.41) is 7.03. The predicted molar refractivity (Wildman–Crippen MR) is 156 cm³/mol. The third-order valence-electron chi connectivity index (χ3n) is 6.02. The zero-order valence-electron chi connectivity index (χ0n) is 22.1. The van der Waals surface area contributed by atoms with E-state index in [9.17, 15) is 9.59 Å². The van der Waals surface area contributed by atoms with E-state index >= 15 is 0 Å². The van der Waals surface area contributed by atoms with Gasteiger partial charge in [0.05, 0.1) is 4.88 Å². The normalized spacial score (nSPS) is 11.9. The molecule has 2 amide bonds. The number of hydrogen-bond donors (Lipinski definition) is 4. The van der Waals surface area contributed by atoms with Gasteiger partial charge in [0.15, 0.2) is 17.4 Å². The van der Waals surface area contributed by atoms with Gasteiger partial charge in [-0.25, -0.2) is 4.98 Å². The molecule has 0 fully saturated rings. The Labute approximate surface area is 231 Å². The number of unbranched alkanes of at least 4 members (excludes halogenated alkanes) is 1. The number of fused-ring (bicyclic) bond motifs is 1. The van der Waals surface area contributed by atoms with Crippen molar-refractivity contribution in [1.29, 1.82) is 0 Å². The minimum absolute atomic E-state index is 0.0528. The van der Waals surface area contributed by atoms with Gasteiger partial charge in [-0.05, 0) is 42.7 Å². The number of hydrogen-bond acceptors (Lipinski definition) is 6. The number of rotatable bonds is 12. The highest BCUT2D eigenvalue weighted by molar-refractivity contribution is 7.20. The number of nitrogens with two attached hydrogens (primary N) is 2. The lowest BCUT2D eigenvalue weighted by Crippen LogP contribution is -2.29. The molecule has 4 rings (SSSR count). The number of carbonyl (C=O) groups is 2. The molecule has 6 N–H and O–H groups in total. The van der Waals surface area contributed by atoms with E-state index in [2.05, 4.69) is 34.5 Å². The average Bonchev–Trinajstić information content (AvgIpc) is 3.55. The number of oxazole rings is 1. The summed E-state index contributed by atoms with van der Waals surface area (Å²) in [7, 11) is 0. The number of aliphatic imine (C=N–C) groups is 1. The molecule has 0 aliphatic heterocycles. The van der Waals surface area contributed by atoms with Crippen LogP contribution >= 0.6 is 11.3 Å². The molecule has 0 radical (unpaired) electrons. The molecule has 2 heterocycles. The molecule has 0 aliphatic rings. The van der Waals surface area contributed by atoms with E-state index in [0.717, 1.165) is 22.1 Å². The zero-order valence-corrected chi connectivity index (χ0v) is 23.0. The number of amides is 2. The summed E-state index contributed by atoms with van der Waals surface area (Å²) in [4.78, 5) is 35.7. The van der Waals surface area contributed by atoms with Crippen molar-refractivity contribution in [2.24, 2.45) is 22.4 Å². The fourth-order valence-corrected chi connectivity index (χ4v) is 5.14. The average molecular weight is 547 g/mol. The lowest BCUT2D eigenvalue weighted by molar-refractivity contribution is 0.0927. The summed E-state index contributed by atoms with van der Waals surface area (Å²) in [6.45, 7) is 5.07. The van der Waals surface area contributed by atoms with Crippen molar-refractivity contribution in [1.82, 2.24) is 15.6 Å². The largest absolute Gasteiger partial charge is 0.438 e. The molecule has 0 spiro atoms. The number of guanidine groups is 1. The standard InChI is InChI=1S/C29H34N6O3S/c1-18(2)16-21(34-26(36)23-17-20-12-6-7-13-22(20)39-23)28-35-24(25(38-28)19-10-4-3-5-11-19)27(37)32-14-8-9-15-33-29(30)31/h3-7,10-13,17-18,21H,8-9,14-16H2,1-2H3,(H,32,37)(H,34,36)(H4,30,31,33). The van der Waals surface area contributed by atoms with Crippen molar-refractivity contribution in [3.8, 4) is 11.3 Å². The predicted octanol–water partition coefficient (Wildman–Crippen LogP) is 4.86. The lowest BCUT2D eigenvalue weighted by Gasteiger charge is -2.17. The molecular formula is C29H34N6O3S. The Balaban J connectivity index is 1.57. The summed E-state index contributed by atoms with van der Waals surface area (Å²) < 4.78 is 7.27. The van der Waals surface area contributed by atoms with Crippen LogP contribution in [0.15, 0.2) is 70.1 Å². The Morgan fingerprint density at radius 2 is 1.77 bits per heavy atom. The van der Waals surface area contributed by atoms with Gasteiger partial charge in [-0.2, -0.15) is 0 Å². The monoisotopic (exact) mass is 546 g/mol. The molecule has 1 unspecified atom stereocenters. The van der Waals surface area contributed by atoms with Crippen molar-refractivity contribution < 1.29 is 14.0 Å². The van der Waals surface area contributed by atoms with Crippen LogP contribution in [0.5, 0.6) is 0 Å². The first kappa shape index (κ1) is 27.8. The topological polar surface area (TPSA) is 149 Å². The third kappa shape index (κ3) is 7.44. The van der Waals surface area contributed by atoms with Crippen LogP contribution in [0.25, 0.3) is 21.4 Å². The van der Waals surface area contributed by atoms with Crippen molar-refractivity contribution in [3.05, 3.63) is 77.1 Å². The fraction of sp³-hybridized carbons (Fsp3) is 0.310. The smallest absolute Gasteiger partial charge is 0.273 e. The number of nitrogens with one attached hydrogen (secondary N) is 2. The summed E-state index contributed by atoms with van der Waals surface area (Å²) in [6.07, 6.45) is 2.03. The van der Waals surface area contributed by atoms with Gasteiger partial charge in [0.2, 0.25) is 5.89 Å². The Kier molecular flexibility index (Phi) is 9.32. The molecule has 2 aromatic heterocycles. The number of aromatic nitrogens is 1. The van der Waals surface area contributed by atoms with Gasteiger partial charge in [0, 0.05) is 23.4 Å². The summed E-state index contributed by atoms with van der Waals surface area (Å²) in [6, 6.07) is 18.6. The van der Waals surface area contributed by atoms with Crippen molar-refractivity contribution >= 4 is 39.2 Å². The molecule has 204 valence electrons. The summed E-state index contributed by atoms with van der Waals surface area (Å²) in [5.74, 6) is 0.422. The molecule has 0 saturated carbocycles. The molecule has 1 atom stereocenters. The highest BCUT2D eigenvalue weighted by atomic mass is 32.1. The van der Waals surface area contributed by atoms with Crippen LogP contribution in [-0.2, 0) is 0 Å². The first-order valence-electron chi connectivity index (χ1n) is 13.0. The highest BCUT2D eigenvalue weighted by Crippen LogP contribution is 2.31. The Morgan fingerprint density at radius 1 is 1.03 bits per heavy atom. The minimum atomic E-state index is -0.508. The van der Waals surface area contributed by atoms with E-state index in [-0.39, 0.29) is 29.4 Å². The second kappa shape index (κ2) is 13.1. The number of nitrogens with zero attached hydrogens (tertiary/aromatic N) is 2. The van der Waals surface area contributed by atoms with Gasteiger partial charge >= 0.3 is 0 Å². The van der Waals surface area contributed by atoms with Crippen molar-refractivity contribution in [2.75, 3.05) is 13.1 Å². The molecule has 39 heavy (non-hydrogen) atoms. The van der Waals surface area contributed by atoms with E-state index < -0.39 is 6.04 Å². The van der Waals surface area contributed by atoms with E-state index in [1.807, 2.05) is 60.7 Å². The zero-order chi connectivity index (χ0) is 27.8. The van der Waals surface area contributed by atoms with Crippen LogP contribution < -0.4 is 22.1 Å². The molecule has 0 saturated heterocycles. The summed E-state index contributed by atoms with van der Waals surface area (Å²) >= 11 is 1.44. The van der Waals surface area contributed by atoms with Gasteiger partial charge in [0.25, 0.3) is 11.8 Å². The molecule has 2 aromatic carbocycles. The molecule has 0 bridgehead atoms. The van der Waals surface area contributed by atoms with E-state index in [4.69, 9.17) is 15.9 Å². The van der Waals surface area contributed by atoms with E-state index in [1.54, 1.807) is 0 Å². The van der Waals surface area contributed by atoms with Crippen LogP contribution in [-0.4, -0.2) is 35.8 Å². The van der Waals surface area contributed by atoms with Gasteiger partial charge in [-0.3, -0.25) is 14.6 Å². The first-order valence-corrected chi connectivity index (χ1v) is 13.8. The van der Waals surface area contributed by atoms with E-state index in [0.29, 0.717) is 42.5 Å². The van der Waals surface area contributed by atoms with Crippen molar-refractivity contribution in [2.45, 2.75) is 39.2 Å². The number of thiophene rings is 1. The van der Waals surface area contributed by atoms with Gasteiger partial charge in [-0.15, -0.1) is 11.3 Å². The van der Waals surface area contributed by atoms with Gasteiger partial charge < -0.3 is 26.5 Å². The molecule has 10 heteroatoms. The second-order valence-electron chi connectivity index (χ2n) is 9.67. The second-order valence-corrected chi connectivity index (χ2v) is 10.8. The first-order chi connectivity index (χ1) is 18.8. The fourth-order valence-electron chi connectivity index (χ4n) is 4.17. The number of benzene rings is 2. The molecule has 9 nitrogen and oxygen atoms in total. The number of carbonyl (C=O) groups excluding carboxylic acids is 2. The lowest BCUT2D eigenvalue weighted by atomic mass is 10.0. The maximum Gasteiger partial charge on any atom is 0.273 e. The molecule has 4 aromatic rings. The van der Waals surface area contributed by atoms with Crippen LogP contribution in [0.4, 0.5) is 0 Å². The van der Waals surface area contributed by atoms with Crippen LogP contribution in [0.1, 0.15) is 65.2 Å². The van der Waals surface area contributed by atoms with Crippen LogP contribution in [0.2, 0.25) is 0 Å². The highest BCUT2D eigenvalue weighted by Gasteiger charge is 2.28. The van der Waals surface area contributed by atoms with E-state index in [1.165, 1.54) is 11.3 Å². The maximum atomic E-state index is 13.3. The SMILES string of the molecule is CC(C)CC(NC(=O)c1cc2ccccc2s1)c1nc(C(=O)NCCCCN=C(N)N)c(-c2ccccc2)o1. The van der Waals surface area contributed by atoms with Crippen molar-refractivity contribution in [3.63, 3.8) is 0 Å². The Morgan fingerprint density at radius 3 is 2.49 bits per heavy atom. The Bertz CT molecular complexity index is 1410.